The van der Waals surface area contributed by atoms with Crippen LogP contribution in [0, 0.1) is 20.8 Å². The molecule has 2 unspecified atom stereocenters. The molecule has 0 aromatic heterocycles. The average molecular weight is 311 g/mol. The molecule has 3 nitrogen and oxygen atoms in total. The molecule has 2 rings (SSSR count). The Balaban J connectivity index is 2.05. The van der Waals surface area contributed by atoms with Gasteiger partial charge in [0.1, 0.15) is 0 Å². The van der Waals surface area contributed by atoms with Gasteiger partial charge in [0, 0.05) is 12.0 Å². The summed E-state index contributed by atoms with van der Waals surface area (Å²) in [5, 5.41) is 13.3. The predicted octanol–water partition coefficient (Wildman–Crippen LogP) is 3.33. The maximum absolute atomic E-state index is 12.5. The summed E-state index contributed by atoms with van der Waals surface area (Å²) in [7, 11) is 0. The fourth-order valence-electron chi connectivity index (χ4n) is 2.95. The lowest BCUT2D eigenvalue weighted by Gasteiger charge is -2.21. The van der Waals surface area contributed by atoms with Crippen LogP contribution in [0.1, 0.15) is 39.5 Å². The van der Waals surface area contributed by atoms with Crippen molar-refractivity contribution in [2.24, 2.45) is 0 Å². The van der Waals surface area contributed by atoms with Crippen molar-refractivity contribution in [1.82, 2.24) is 5.32 Å². The lowest BCUT2D eigenvalue weighted by molar-refractivity contribution is 0.0850. The molecule has 2 aromatic rings. The van der Waals surface area contributed by atoms with Crippen molar-refractivity contribution in [2.45, 2.75) is 46.3 Å². The van der Waals surface area contributed by atoms with Gasteiger partial charge in [0.05, 0.1) is 12.1 Å². The van der Waals surface area contributed by atoms with E-state index >= 15 is 0 Å². The second-order valence-corrected chi connectivity index (χ2v) is 6.29. The van der Waals surface area contributed by atoms with Crippen molar-refractivity contribution in [3.05, 3.63) is 70.3 Å². The number of aliphatic hydroxyl groups is 1. The van der Waals surface area contributed by atoms with Gasteiger partial charge in [0.25, 0.3) is 5.91 Å². The summed E-state index contributed by atoms with van der Waals surface area (Å²) in [5.41, 5.74) is 4.83. The molecule has 2 aromatic carbocycles. The summed E-state index contributed by atoms with van der Waals surface area (Å²) in [6, 6.07) is 13.5. The van der Waals surface area contributed by atoms with Crippen molar-refractivity contribution in [2.75, 3.05) is 0 Å². The largest absolute Gasteiger partial charge is 0.391 e. The highest BCUT2D eigenvalue weighted by molar-refractivity contribution is 5.97. The standard InChI is InChI=1S/C20H25NO2/c1-13-10-14(2)19(15(3)11-13)20(23)21-16(4)18(22)12-17-8-6-5-7-9-17/h5-11,16,18,22H,12H2,1-4H3,(H,21,23). The molecule has 23 heavy (non-hydrogen) atoms. The number of hydrogen-bond donors (Lipinski definition) is 2. The molecule has 0 bridgehead atoms. The molecule has 0 aliphatic carbocycles. The first-order valence-corrected chi connectivity index (χ1v) is 7.99. The monoisotopic (exact) mass is 311 g/mol. The number of nitrogens with one attached hydrogen (secondary N) is 1. The Morgan fingerprint density at radius 2 is 1.65 bits per heavy atom. The van der Waals surface area contributed by atoms with Gasteiger partial charge in [-0.2, -0.15) is 0 Å². The van der Waals surface area contributed by atoms with Crippen LogP contribution in [0.3, 0.4) is 0 Å². The van der Waals surface area contributed by atoms with Gasteiger partial charge in [-0.25, -0.2) is 0 Å². The predicted molar refractivity (Wildman–Crippen MR) is 93.7 cm³/mol. The number of amides is 1. The fourth-order valence-corrected chi connectivity index (χ4v) is 2.95. The Bertz CT molecular complexity index is 656. The van der Waals surface area contributed by atoms with E-state index in [4.69, 9.17) is 0 Å². The molecular formula is C20H25NO2. The molecule has 2 N–H and O–H groups in total. The molecule has 3 heteroatoms. The molecule has 0 saturated heterocycles. The number of aryl methyl sites for hydroxylation is 3. The summed E-state index contributed by atoms with van der Waals surface area (Å²) in [5.74, 6) is -0.125. The number of hydrogen-bond acceptors (Lipinski definition) is 2. The average Bonchev–Trinajstić information content (AvgIpc) is 2.47. The van der Waals surface area contributed by atoms with E-state index in [2.05, 4.69) is 5.32 Å². The molecule has 0 aliphatic heterocycles. The molecule has 1 amide bonds. The first-order valence-electron chi connectivity index (χ1n) is 7.99. The summed E-state index contributed by atoms with van der Waals surface area (Å²) < 4.78 is 0. The summed E-state index contributed by atoms with van der Waals surface area (Å²) >= 11 is 0. The second-order valence-electron chi connectivity index (χ2n) is 6.29. The summed E-state index contributed by atoms with van der Waals surface area (Å²) in [6.07, 6.45) is -0.0962. The Labute approximate surface area is 138 Å². The highest BCUT2D eigenvalue weighted by Gasteiger charge is 2.20. The molecule has 0 saturated carbocycles. The minimum absolute atomic E-state index is 0.125. The zero-order valence-electron chi connectivity index (χ0n) is 14.3. The third-order valence-corrected chi connectivity index (χ3v) is 4.13. The normalized spacial score (nSPS) is 13.4. The van der Waals surface area contributed by atoms with E-state index in [1.807, 2.05) is 70.2 Å². The first-order chi connectivity index (χ1) is 10.9. The summed E-state index contributed by atoms with van der Waals surface area (Å²) in [4.78, 5) is 12.5. The first kappa shape index (κ1) is 17.2. The number of rotatable bonds is 5. The van der Waals surface area contributed by atoms with Gasteiger partial charge >= 0.3 is 0 Å². The van der Waals surface area contributed by atoms with Crippen LogP contribution < -0.4 is 5.32 Å². The molecule has 0 heterocycles. The van der Waals surface area contributed by atoms with Crippen molar-refractivity contribution < 1.29 is 9.90 Å². The van der Waals surface area contributed by atoms with E-state index in [0.717, 1.165) is 22.3 Å². The SMILES string of the molecule is Cc1cc(C)c(C(=O)NC(C)C(O)Cc2ccccc2)c(C)c1. The fraction of sp³-hybridized carbons (Fsp3) is 0.350. The van der Waals surface area contributed by atoms with Crippen molar-refractivity contribution in [1.29, 1.82) is 0 Å². The molecule has 0 radical (unpaired) electrons. The van der Waals surface area contributed by atoms with Crippen LogP contribution in [0.25, 0.3) is 0 Å². The van der Waals surface area contributed by atoms with Gasteiger partial charge < -0.3 is 10.4 Å². The Morgan fingerprint density at radius 3 is 2.22 bits per heavy atom. The van der Waals surface area contributed by atoms with E-state index in [-0.39, 0.29) is 11.9 Å². The van der Waals surface area contributed by atoms with E-state index in [9.17, 15) is 9.90 Å². The number of carbonyl (C=O) groups excluding carboxylic acids is 1. The van der Waals surface area contributed by atoms with Crippen LogP contribution in [0.2, 0.25) is 0 Å². The van der Waals surface area contributed by atoms with Crippen LogP contribution in [0.15, 0.2) is 42.5 Å². The van der Waals surface area contributed by atoms with Gasteiger partial charge in [-0.3, -0.25) is 4.79 Å². The zero-order valence-corrected chi connectivity index (χ0v) is 14.3. The second kappa shape index (κ2) is 7.42. The molecular weight excluding hydrogens is 286 g/mol. The zero-order chi connectivity index (χ0) is 17.0. The highest BCUT2D eigenvalue weighted by Crippen LogP contribution is 2.17. The smallest absolute Gasteiger partial charge is 0.252 e. The third kappa shape index (κ3) is 4.42. The van der Waals surface area contributed by atoms with E-state index < -0.39 is 6.10 Å². The van der Waals surface area contributed by atoms with Gasteiger partial charge in [-0.05, 0) is 44.4 Å². The topological polar surface area (TPSA) is 49.3 Å². The molecule has 0 fully saturated rings. The van der Waals surface area contributed by atoms with Crippen LogP contribution in [-0.2, 0) is 6.42 Å². The Morgan fingerprint density at radius 1 is 1.09 bits per heavy atom. The highest BCUT2D eigenvalue weighted by atomic mass is 16.3. The lowest BCUT2D eigenvalue weighted by Crippen LogP contribution is -2.42. The molecule has 122 valence electrons. The maximum Gasteiger partial charge on any atom is 0.252 e. The molecule has 2 atom stereocenters. The van der Waals surface area contributed by atoms with Crippen LogP contribution >= 0.6 is 0 Å². The lowest BCUT2D eigenvalue weighted by atomic mass is 9.98. The maximum atomic E-state index is 12.5. The van der Waals surface area contributed by atoms with Gasteiger partial charge in [0.2, 0.25) is 0 Å². The van der Waals surface area contributed by atoms with Crippen LogP contribution in [-0.4, -0.2) is 23.2 Å². The van der Waals surface area contributed by atoms with Gasteiger partial charge in [0.15, 0.2) is 0 Å². The van der Waals surface area contributed by atoms with Gasteiger partial charge in [-0.15, -0.1) is 0 Å². The molecule has 0 aliphatic rings. The number of carbonyl (C=O) groups is 1. The quantitative estimate of drug-likeness (QED) is 0.890. The summed E-state index contributed by atoms with van der Waals surface area (Å²) in [6.45, 7) is 7.75. The van der Waals surface area contributed by atoms with Crippen LogP contribution in [0.5, 0.6) is 0 Å². The molecule has 0 spiro atoms. The van der Waals surface area contributed by atoms with Gasteiger partial charge in [-0.1, -0.05) is 48.0 Å². The van der Waals surface area contributed by atoms with E-state index in [0.29, 0.717) is 12.0 Å². The Hall–Kier alpha value is -2.13. The van der Waals surface area contributed by atoms with E-state index in [1.165, 1.54) is 0 Å². The van der Waals surface area contributed by atoms with Crippen LogP contribution in [0.4, 0.5) is 0 Å². The van der Waals surface area contributed by atoms with Crippen molar-refractivity contribution >= 4 is 5.91 Å². The number of aliphatic hydroxyl groups excluding tert-OH is 1. The Kier molecular flexibility index (Phi) is 5.56. The third-order valence-electron chi connectivity index (χ3n) is 4.13. The van der Waals surface area contributed by atoms with Crippen molar-refractivity contribution in [3.63, 3.8) is 0 Å². The minimum Gasteiger partial charge on any atom is -0.391 e. The number of benzene rings is 2. The van der Waals surface area contributed by atoms with Crippen molar-refractivity contribution in [3.8, 4) is 0 Å². The van der Waals surface area contributed by atoms with E-state index in [1.54, 1.807) is 0 Å². The minimum atomic E-state index is -0.618.